The van der Waals surface area contributed by atoms with Crippen LogP contribution in [0.4, 0.5) is 0 Å². The molecule has 1 aliphatic rings. The first-order valence-electron chi connectivity index (χ1n) is 5.73. The van der Waals surface area contributed by atoms with Crippen molar-refractivity contribution in [2.24, 2.45) is 11.3 Å². The summed E-state index contributed by atoms with van der Waals surface area (Å²) in [6, 6.07) is 0. The topological polar surface area (TPSA) is 20.2 Å². The number of hydrogen-bond donors (Lipinski definition) is 1. The lowest BCUT2D eigenvalue weighted by atomic mass is 9.73. The van der Waals surface area contributed by atoms with Crippen LogP contribution in [0.25, 0.3) is 0 Å². The molecule has 0 aromatic rings. The molecule has 0 radical (unpaired) electrons. The zero-order valence-corrected chi connectivity index (χ0v) is 10.8. The lowest BCUT2D eigenvalue weighted by Crippen LogP contribution is -2.47. The summed E-state index contributed by atoms with van der Waals surface area (Å²) < 4.78 is 0. The molecule has 1 atom stereocenters. The summed E-state index contributed by atoms with van der Waals surface area (Å²) in [6.45, 7) is 8.93. The van der Waals surface area contributed by atoms with Crippen LogP contribution in [0, 0.1) is 11.3 Å². The van der Waals surface area contributed by atoms with Gasteiger partial charge in [-0.25, -0.2) is 0 Å². The van der Waals surface area contributed by atoms with Crippen molar-refractivity contribution in [2.75, 3.05) is 11.5 Å². The summed E-state index contributed by atoms with van der Waals surface area (Å²) in [6.07, 6.45) is 3.17. The van der Waals surface area contributed by atoms with Crippen LogP contribution in [0.1, 0.15) is 47.0 Å². The van der Waals surface area contributed by atoms with E-state index in [9.17, 15) is 5.11 Å². The molecule has 1 N–H and O–H groups in total. The first kappa shape index (κ1) is 12.4. The number of hydrogen-bond acceptors (Lipinski definition) is 2. The van der Waals surface area contributed by atoms with Crippen molar-refractivity contribution < 1.29 is 5.11 Å². The lowest BCUT2D eigenvalue weighted by molar-refractivity contribution is -0.0357. The lowest BCUT2D eigenvalue weighted by Gasteiger charge is -2.45. The minimum atomic E-state index is -0.407. The zero-order chi connectivity index (χ0) is 10.8. The van der Waals surface area contributed by atoms with Crippen LogP contribution in [-0.4, -0.2) is 22.2 Å². The summed E-state index contributed by atoms with van der Waals surface area (Å²) >= 11 is 1.92. The van der Waals surface area contributed by atoms with Gasteiger partial charge in [-0.3, -0.25) is 0 Å². The van der Waals surface area contributed by atoms with E-state index >= 15 is 0 Å². The van der Waals surface area contributed by atoms with E-state index in [1.807, 2.05) is 11.8 Å². The van der Waals surface area contributed by atoms with Gasteiger partial charge in [-0.2, -0.15) is 11.8 Å². The number of rotatable bonds is 3. The number of aliphatic hydroxyl groups is 1. The van der Waals surface area contributed by atoms with E-state index in [4.69, 9.17) is 0 Å². The molecule has 1 fully saturated rings. The predicted molar refractivity (Wildman–Crippen MR) is 64.7 cm³/mol. The van der Waals surface area contributed by atoms with Crippen molar-refractivity contribution >= 4 is 11.8 Å². The van der Waals surface area contributed by atoms with Gasteiger partial charge in [0.05, 0.1) is 5.60 Å². The molecule has 0 aromatic carbocycles. The van der Waals surface area contributed by atoms with Crippen LogP contribution in [0.2, 0.25) is 0 Å². The molecule has 0 amide bonds. The first-order valence-corrected chi connectivity index (χ1v) is 6.89. The third kappa shape index (κ3) is 2.66. The van der Waals surface area contributed by atoms with Gasteiger partial charge in [-0.15, -0.1) is 0 Å². The highest BCUT2D eigenvalue weighted by Gasteiger charge is 2.42. The SMILES string of the molecule is CCC(CC)C1(O)CSCC(C)(C)C1. The molecular formula is C12H24OS. The summed E-state index contributed by atoms with van der Waals surface area (Å²) in [5, 5.41) is 10.6. The molecule has 0 spiro atoms. The Bertz CT molecular complexity index is 187. The van der Waals surface area contributed by atoms with Gasteiger partial charge < -0.3 is 5.11 Å². The van der Waals surface area contributed by atoms with Crippen molar-refractivity contribution in [1.29, 1.82) is 0 Å². The second kappa shape index (κ2) is 4.44. The van der Waals surface area contributed by atoms with Crippen LogP contribution >= 0.6 is 11.8 Å². The molecule has 2 heteroatoms. The van der Waals surface area contributed by atoms with Crippen LogP contribution in [0.15, 0.2) is 0 Å². The Balaban J connectivity index is 2.72. The molecule has 14 heavy (non-hydrogen) atoms. The third-order valence-electron chi connectivity index (χ3n) is 3.38. The van der Waals surface area contributed by atoms with Crippen LogP contribution in [0.5, 0.6) is 0 Å². The quantitative estimate of drug-likeness (QED) is 0.781. The molecule has 1 aliphatic heterocycles. The van der Waals surface area contributed by atoms with Gasteiger partial charge in [0, 0.05) is 5.75 Å². The number of thioether (sulfide) groups is 1. The van der Waals surface area contributed by atoms with Gasteiger partial charge in [0.1, 0.15) is 0 Å². The van der Waals surface area contributed by atoms with E-state index in [0.717, 1.165) is 25.0 Å². The average molecular weight is 216 g/mol. The highest BCUT2D eigenvalue weighted by Crippen LogP contribution is 2.44. The molecule has 1 heterocycles. The van der Waals surface area contributed by atoms with E-state index in [1.54, 1.807) is 0 Å². The fraction of sp³-hybridized carbons (Fsp3) is 1.00. The summed E-state index contributed by atoms with van der Waals surface area (Å²) in [7, 11) is 0. The van der Waals surface area contributed by atoms with Gasteiger partial charge in [-0.1, -0.05) is 40.5 Å². The average Bonchev–Trinajstić information content (AvgIpc) is 2.03. The standard InChI is InChI=1S/C12H24OS/c1-5-10(6-2)12(13)7-11(3,4)8-14-9-12/h10,13H,5-9H2,1-4H3. The monoisotopic (exact) mass is 216 g/mol. The Kier molecular flexibility index (Phi) is 3.93. The minimum absolute atomic E-state index is 0.306. The second-order valence-corrected chi connectivity index (χ2v) is 6.44. The molecule has 0 aliphatic carbocycles. The van der Waals surface area contributed by atoms with E-state index in [2.05, 4.69) is 27.7 Å². The third-order valence-corrected chi connectivity index (χ3v) is 5.06. The van der Waals surface area contributed by atoms with Crippen molar-refractivity contribution in [2.45, 2.75) is 52.6 Å². The first-order chi connectivity index (χ1) is 6.43. The van der Waals surface area contributed by atoms with Crippen LogP contribution in [-0.2, 0) is 0 Å². The Morgan fingerprint density at radius 1 is 1.21 bits per heavy atom. The Labute approximate surface area is 92.7 Å². The zero-order valence-electron chi connectivity index (χ0n) is 9.97. The van der Waals surface area contributed by atoms with E-state index in [-0.39, 0.29) is 0 Å². The van der Waals surface area contributed by atoms with Crippen molar-refractivity contribution in [3.63, 3.8) is 0 Å². The molecule has 0 saturated carbocycles. The summed E-state index contributed by atoms with van der Waals surface area (Å²) in [5.41, 5.74) is -0.101. The highest BCUT2D eigenvalue weighted by molar-refractivity contribution is 7.99. The molecule has 1 rings (SSSR count). The normalized spacial score (nSPS) is 32.1. The molecule has 1 unspecified atom stereocenters. The molecule has 0 bridgehead atoms. The van der Waals surface area contributed by atoms with Crippen molar-refractivity contribution in [3.8, 4) is 0 Å². The predicted octanol–water partition coefficient (Wildman–Crippen LogP) is 3.32. The Morgan fingerprint density at radius 3 is 2.21 bits per heavy atom. The maximum Gasteiger partial charge on any atom is 0.0770 e. The van der Waals surface area contributed by atoms with Gasteiger partial charge in [0.25, 0.3) is 0 Å². The van der Waals surface area contributed by atoms with Crippen LogP contribution in [0.3, 0.4) is 0 Å². The van der Waals surface area contributed by atoms with Gasteiger partial charge >= 0.3 is 0 Å². The summed E-state index contributed by atoms with van der Waals surface area (Å²) in [4.78, 5) is 0. The Hall–Kier alpha value is 0.310. The van der Waals surface area contributed by atoms with Gasteiger partial charge in [0.2, 0.25) is 0 Å². The van der Waals surface area contributed by atoms with E-state index < -0.39 is 5.60 Å². The molecule has 84 valence electrons. The fourth-order valence-corrected chi connectivity index (χ4v) is 4.19. The molecule has 1 nitrogen and oxygen atoms in total. The minimum Gasteiger partial charge on any atom is -0.389 e. The van der Waals surface area contributed by atoms with E-state index in [0.29, 0.717) is 11.3 Å². The summed E-state index contributed by atoms with van der Waals surface area (Å²) in [5.74, 6) is 2.60. The van der Waals surface area contributed by atoms with Crippen molar-refractivity contribution in [3.05, 3.63) is 0 Å². The maximum atomic E-state index is 10.6. The fourth-order valence-electron chi connectivity index (χ4n) is 2.75. The molecular weight excluding hydrogens is 192 g/mol. The Morgan fingerprint density at radius 2 is 1.79 bits per heavy atom. The maximum absolute atomic E-state index is 10.6. The van der Waals surface area contributed by atoms with Gasteiger partial charge in [-0.05, 0) is 23.5 Å². The van der Waals surface area contributed by atoms with Gasteiger partial charge in [0.15, 0.2) is 0 Å². The van der Waals surface area contributed by atoms with E-state index in [1.165, 1.54) is 5.75 Å². The molecule has 1 saturated heterocycles. The van der Waals surface area contributed by atoms with Crippen molar-refractivity contribution in [1.82, 2.24) is 0 Å². The molecule has 0 aromatic heterocycles. The highest BCUT2D eigenvalue weighted by atomic mass is 32.2. The second-order valence-electron chi connectivity index (χ2n) is 5.45. The largest absolute Gasteiger partial charge is 0.389 e. The smallest absolute Gasteiger partial charge is 0.0770 e. The van der Waals surface area contributed by atoms with Crippen LogP contribution < -0.4 is 0 Å².